The van der Waals surface area contributed by atoms with Crippen LogP contribution in [0.25, 0.3) is 16.9 Å². The third-order valence-electron chi connectivity index (χ3n) is 5.49. The van der Waals surface area contributed by atoms with Gasteiger partial charge in [0.1, 0.15) is 5.82 Å². The van der Waals surface area contributed by atoms with Crippen molar-refractivity contribution in [2.75, 3.05) is 11.1 Å². The molecule has 35 heavy (non-hydrogen) atoms. The van der Waals surface area contributed by atoms with Crippen molar-refractivity contribution in [2.45, 2.75) is 25.9 Å². The van der Waals surface area contributed by atoms with Gasteiger partial charge in [-0.1, -0.05) is 29.8 Å². The molecule has 0 saturated carbocycles. The number of fused-ring (bicyclic) bond motifs is 1. The second-order valence-electron chi connectivity index (χ2n) is 7.85. The highest BCUT2D eigenvalue weighted by molar-refractivity contribution is 6.31. The molecule has 0 fully saturated rings. The number of rotatable bonds is 7. The molecule has 0 bridgehead atoms. The lowest BCUT2D eigenvalue weighted by molar-refractivity contribution is 0.0561. The van der Waals surface area contributed by atoms with E-state index in [1.165, 1.54) is 12.3 Å². The van der Waals surface area contributed by atoms with Crippen LogP contribution in [0, 0.1) is 6.92 Å². The molecule has 1 aromatic carbocycles. The van der Waals surface area contributed by atoms with Crippen LogP contribution in [0.15, 0.2) is 61.1 Å². The van der Waals surface area contributed by atoms with E-state index in [4.69, 9.17) is 17.3 Å². The summed E-state index contributed by atoms with van der Waals surface area (Å²) in [5.74, 6) is 1.36. The van der Waals surface area contributed by atoms with E-state index >= 15 is 0 Å². The van der Waals surface area contributed by atoms with Gasteiger partial charge in [-0.25, -0.2) is 9.67 Å². The highest BCUT2D eigenvalue weighted by Gasteiger charge is 2.21. The fourth-order valence-electron chi connectivity index (χ4n) is 3.75. The predicted octanol–water partition coefficient (Wildman–Crippen LogP) is 4.72. The van der Waals surface area contributed by atoms with Gasteiger partial charge in [-0.05, 0) is 43.2 Å². The van der Waals surface area contributed by atoms with Gasteiger partial charge in [-0.3, -0.25) is 0 Å². The quantitative estimate of drug-likeness (QED) is 0.336. The van der Waals surface area contributed by atoms with Gasteiger partial charge in [0, 0.05) is 23.0 Å². The highest BCUT2D eigenvalue weighted by atomic mass is 35.5. The maximum Gasteiger partial charge on any atom is 0.333 e. The molecule has 0 spiro atoms. The smallest absolute Gasteiger partial charge is 0.333 e. The zero-order chi connectivity index (χ0) is 24.5. The van der Waals surface area contributed by atoms with Crippen molar-refractivity contribution in [3.8, 4) is 11.4 Å². The van der Waals surface area contributed by atoms with Gasteiger partial charge in [0.25, 0.3) is 0 Å². The maximum atomic E-state index is 13.2. The van der Waals surface area contributed by atoms with Crippen LogP contribution in [0.2, 0.25) is 5.02 Å². The number of aromatic nitrogens is 7. The summed E-state index contributed by atoms with van der Waals surface area (Å²) in [5.41, 5.74) is 8.82. The van der Waals surface area contributed by atoms with Gasteiger partial charge >= 0.3 is 6.55 Å². The SMILES string of the molecule is Cc1ncc2ccc(-c3nc(N)nc(N[C@H](Cc4ccccc4Cl)c4ccn(C(F)F)n4)n3)cn12. The van der Waals surface area contributed by atoms with Gasteiger partial charge in [-0.2, -0.15) is 28.8 Å². The van der Waals surface area contributed by atoms with Gasteiger partial charge < -0.3 is 15.5 Å². The Morgan fingerprint density at radius 1 is 1.09 bits per heavy atom. The fourth-order valence-corrected chi connectivity index (χ4v) is 3.97. The molecule has 1 atom stereocenters. The third-order valence-corrected chi connectivity index (χ3v) is 5.86. The average molecular weight is 496 g/mol. The van der Waals surface area contributed by atoms with Gasteiger partial charge in [0.05, 0.1) is 23.4 Å². The van der Waals surface area contributed by atoms with Crippen molar-refractivity contribution in [1.29, 1.82) is 0 Å². The lowest BCUT2D eigenvalue weighted by atomic mass is 10.0. The second-order valence-corrected chi connectivity index (χ2v) is 8.26. The number of nitrogen functional groups attached to an aromatic ring is 1. The molecule has 4 heterocycles. The summed E-state index contributed by atoms with van der Waals surface area (Å²) in [7, 11) is 0. The van der Waals surface area contributed by atoms with Gasteiger partial charge in [0.2, 0.25) is 11.9 Å². The van der Waals surface area contributed by atoms with Crippen LogP contribution in [-0.4, -0.2) is 34.1 Å². The first-order chi connectivity index (χ1) is 16.9. The number of halogens is 3. The van der Waals surface area contributed by atoms with Crippen molar-refractivity contribution in [3.05, 3.63) is 83.2 Å². The van der Waals surface area contributed by atoms with Crippen molar-refractivity contribution >= 4 is 29.0 Å². The van der Waals surface area contributed by atoms with E-state index in [-0.39, 0.29) is 11.9 Å². The number of nitrogens with two attached hydrogens (primary N) is 1. The van der Waals surface area contributed by atoms with Crippen LogP contribution >= 0.6 is 11.6 Å². The third kappa shape index (κ3) is 4.76. The van der Waals surface area contributed by atoms with E-state index in [0.29, 0.717) is 33.2 Å². The Kier molecular flexibility index (Phi) is 6.00. The number of aryl methyl sites for hydroxylation is 1. The van der Waals surface area contributed by atoms with Crippen LogP contribution in [0.4, 0.5) is 20.7 Å². The Labute approximate surface area is 203 Å². The molecule has 12 heteroatoms. The van der Waals surface area contributed by atoms with Crippen molar-refractivity contribution < 1.29 is 8.78 Å². The molecule has 4 aromatic heterocycles. The summed E-state index contributed by atoms with van der Waals surface area (Å²) in [6.07, 6.45) is 5.20. The zero-order valence-corrected chi connectivity index (χ0v) is 19.2. The maximum absolute atomic E-state index is 13.2. The second kappa shape index (κ2) is 9.26. The summed E-state index contributed by atoms with van der Waals surface area (Å²) in [4.78, 5) is 17.3. The Balaban J connectivity index is 1.51. The number of hydrogen-bond donors (Lipinski definition) is 2. The number of nitrogens with zero attached hydrogens (tertiary/aromatic N) is 7. The van der Waals surface area contributed by atoms with Crippen LogP contribution in [-0.2, 0) is 6.42 Å². The molecule has 178 valence electrons. The number of benzene rings is 1. The first-order valence-corrected chi connectivity index (χ1v) is 11.0. The van der Waals surface area contributed by atoms with Gasteiger partial charge in [0.15, 0.2) is 5.82 Å². The van der Waals surface area contributed by atoms with E-state index in [2.05, 4.69) is 30.4 Å². The molecule has 0 aliphatic rings. The van der Waals surface area contributed by atoms with Gasteiger partial charge in [-0.15, -0.1) is 0 Å². The number of anilines is 2. The minimum Gasteiger partial charge on any atom is -0.368 e. The topological polar surface area (TPSA) is 112 Å². The Bertz CT molecular complexity index is 1500. The molecule has 5 rings (SSSR count). The fraction of sp³-hybridized carbons (Fsp3) is 0.174. The number of pyridine rings is 1. The largest absolute Gasteiger partial charge is 0.368 e. The molecule has 0 unspecified atom stereocenters. The van der Waals surface area contributed by atoms with E-state index in [0.717, 1.165) is 16.9 Å². The van der Waals surface area contributed by atoms with Crippen LogP contribution < -0.4 is 11.1 Å². The molecule has 0 radical (unpaired) electrons. The summed E-state index contributed by atoms with van der Waals surface area (Å²) in [6.45, 7) is -0.866. The van der Waals surface area contributed by atoms with Crippen LogP contribution in [0.5, 0.6) is 0 Å². The lowest BCUT2D eigenvalue weighted by Gasteiger charge is -2.18. The number of nitrogens with one attached hydrogen (secondary N) is 1. The molecule has 3 N–H and O–H groups in total. The number of alkyl halides is 2. The molecular formula is C23H20ClF2N9. The first kappa shape index (κ1) is 22.7. The number of hydrogen-bond acceptors (Lipinski definition) is 7. The lowest BCUT2D eigenvalue weighted by Crippen LogP contribution is -2.18. The zero-order valence-electron chi connectivity index (χ0n) is 18.5. The van der Waals surface area contributed by atoms with Crippen molar-refractivity contribution in [3.63, 3.8) is 0 Å². The standard InChI is InChI=1S/C23H20ClF2N9/c1-13-28-11-16-7-6-15(12-34(13)16)20-30-22(27)32-23(31-20)29-19(10-14-4-2-3-5-17(14)24)18-8-9-35(33-18)21(25)26/h2-9,11-12,19,21H,10H2,1H3,(H3,27,29,30,31,32)/t19-/m1/s1. The average Bonchev–Trinajstić information content (AvgIpc) is 3.47. The van der Waals surface area contributed by atoms with Crippen molar-refractivity contribution in [2.24, 2.45) is 0 Å². The molecule has 0 amide bonds. The minimum atomic E-state index is -2.76. The van der Waals surface area contributed by atoms with Crippen LogP contribution in [0.1, 0.15) is 29.7 Å². The molecule has 9 nitrogen and oxygen atoms in total. The Morgan fingerprint density at radius 2 is 1.91 bits per heavy atom. The normalized spacial score (nSPS) is 12.4. The minimum absolute atomic E-state index is 0.00885. The molecular weight excluding hydrogens is 476 g/mol. The van der Waals surface area contributed by atoms with E-state index in [9.17, 15) is 8.78 Å². The predicted molar refractivity (Wildman–Crippen MR) is 128 cm³/mol. The number of imidazole rings is 1. The van der Waals surface area contributed by atoms with E-state index in [1.807, 2.05) is 47.9 Å². The highest BCUT2D eigenvalue weighted by Crippen LogP contribution is 2.27. The van der Waals surface area contributed by atoms with Crippen molar-refractivity contribution in [1.82, 2.24) is 34.1 Å². The molecule has 0 saturated heterocycles. The van der Waals surface area contributed by atoms with E-state index < -0.39 is 12.6 Å². The Hall–Kier alpha value is -4.12. The summed E-state index contributed by atoms with van der Waals surface area (Å²) < 4.78 is 28.9. The first-order valence-electron chi connectivity index (χ1n) is 10.7. The molecule has 5 aromatic rings. The Morgan fingerprint density at radius 3 is 2.69 bits per heavy atom. The monoisotopic (exact) mass is 495 g/mol. The molecule has 0 aliphatic heterocycles. The van der Waals surface area contributed by atoms with E-state index in [1.54, 1.807) is 12.3 Å². The van der Waals surface area contributed by atoms with Crippen LogP contribution in [0.3, 0.4) is 0 Å². The summed E-state index contributed by atoms with van der Waals surface area (Å²) in [5, 5.41) is 7.75. The summed E-state index contributed by atoms with van der Waals surface area (Å²) >= 11 is 6.35. The summed E-state index contributed by atoms with van der Waals surface area (Å²) in [6, 6.07) is 12.0. The molecule has 0 aliphatic carbocycles.